The number of hydrogen-bond donors (Lipinski definition) is 0. The first-order valence-electron chi connectivity index (χ1n) is 8.17. The number of ether oxygens (including phenoxy) is 1. The van der Waals surface area contributed by atoms with Gasteiger partial charge in [-0.2, -0.15) is 0 Å². The van der Waals surface area contributed by atoms with Crippen LogP contribution < -0.4 is 0 Å². The zero-order valence-electron chi connectivity index (χ0n) is 13.3. The van der Waals surface area contributed by atoms with E-state index in [1.807, 2.05) is 23.1 Å². The second kappa shape index (κ2) is 6.61. The summed E-state index contributed by atoms with van der Waals surface area (Å²) >= 11 is 0. The van der Waals surface area contributed by atoms with Gasteiger partial charge in [0.05, 0.1) is 12.2 Å². The quantitative estimate of drug-likeness (QED) is 0.806. The number of nitrogens with zero attached hydrogens (tertiary/aromatic N) is 2. The van der Waals surface area contributed by atoms with Crippen molar-refractivity contribution in [3.63, 3.8) is 0 Å². The fraction of sp³-hybridized carbons (Fsp3) is 0.556. The molecule has 0 N–H and O–H groups in total. The van der Waals surface area contributed by atoms with E-state index in [0.29, 0.717) is 6.42 Å². The Morgan fingerprint density at radius 2 is 2.18 bits per heavy atom. The molecule has 2 aliphatic rings. The Morgan fingerprint density at radius 3 is 2.86 bits per heavy atom. The van der Waals surface area contributed by atoms with Gasteiger partial charge in [-0.3, -0.25) is 9.78 Å². The fourth-order valence-electron chi connectivity index (χ4n) is 3.34. The van der Waals surface area contributed by atoms with Gasteiger partial charge in [-0.1, -0.05) is 17.7 Å². The molecular formula is C18H24N2O2. The van der Waals surface area contributed by atoms with Crippen molar-refractivity contribution in [3.8, 4) is 0 Å². The number of carbonyl (C=O) groups is 1. The van der Waals surface area contributed by atoms with Crippen LogP contribution in [0.15, 0.2) is 36.0 Å². The number of aryl methyl sites for hydroxylation is 1. The van der Waals surface area contributed by atoms with Crippen LogP contribution in [-0.4, -0.2) is 41.1 Å². The normalized spacial score (nSPS) is 20.8. The Morgan fingerprint density at radius 1 is 1.36 bits per heavy atom. The van der Waals surface area contributed by atoms with Gasteiger partial charge in [0, 0.05) is 31.4 Å². The average Bonchev–Trinajstić information content (AvgIpc) is 2.54. The van der Waals surface area contributed by atoms with Gasteiger partial charge in [-0.15, -0.1) is 0 Å². The first-order chi connectivity index (χ1) is 10.7. The molecule has 2 aliphatic heterocycles. The van der Waals surface area contributed by atoms with E-state index in [-0.39, 0.29) is 11.5 Å². The smallest absolute Gasteiger partial charge is 0.222 e. The Labute approximate surface area is 132 Å². The maximum Gasteiger partial charge on any atom is 0.222 e. The number of piperidine rings is 1. The molecule has 0 aliphatic carbocycles. The van der Waals surface area contributed by atoms with Crippen LogP contribution in [-0.2, 0) is 16.0 Å². The number of carbonyl (C=O) groups excluding carboxylic acids is 1. The highest BCUT2D eigenvalue weighted by molar-refractivity contribution is 5.76. The van der Waals surface area contributed by atoms with Gasteiger partial charge in [0.2, 0.25) is 5.91 Å². The molecule has 118 valence electrons. The molecule has 1 aromatic rings. The Bertz CT molecular complexity index is 545. The highest BCUT2D eigenvalue weighted by atomic mass is 16.5. The molecule has 3 rings (SSSR count). The molecule has 1 fully saturated rings. The second-order valence-electron chi connectivity index (χ2n) is 6.36. The molecule has 22 heavy (non-hydrogen) atoms. The molecule has 3 heterocycles. The predicted molar refractivity (Wildman–Crippen MR) is 85.4 cm³/mol. The van der Waals surface area contributed by atoms with Crippen molar-refractivity contribution < 1.29 is 9.53 Å². The van der Waals surface area contributed by atoms with Gasteiger partial charge >= 0.3 is 0 Å². The number of pyridine rings is 1. The Balaban J connectivity index is 1.51. The van der Waals surface area contributed by atoms with Crippen LogP contribution in [0.2, 0.25) is 0 Å². The first kappa shape index (κ1) is 15.2. The lowest BCUT2D eigenvalue weighted by atomic mass is 9.87. The molecule has 1 aromatic heterocycles. The minimum Gasteiger partial charge on any atom is -0.370 e. The van der Waals surface area contributed by atoms with Crippen molar-refractivity contribution in [2.24, 2.45) is 0 Å². The van der Waals surface area contributed by atoms with Crippen molar-refractivity contribution in [2.45, 2.75) is 44.6 Å². The van der Waals surface area contributed by atoms with E-state index in [0.717, 1.165) is 51.1 Å². The predicted octanol–water partition coefficient (Wildman–Crippen LogP) is 2.74. The second-order valence-corrected chi connectivity index (χ2v) is 6.36. The van der Waals surface area contributed by atoms with E-state index in [9.17, 15) is 4.79 Å². The highest BCUT2D eigenvalue weighted by Gasteiger charge is 2.36. The van der Waals surface area contributed by atoms with E-state index in [2.05, 4.69) is 18.0 Å². The van der Waals surface area contributed by atoms with Crippen LogP contribution in [0.5, 0.6) is 0 Å². The van der Waals surface area contributed by atoms with E-state index in [4.69, 9.17) is 4.74 Å². The largest absolute Gasteiger partial charge is 0.370 e. The van der Waals surface area contributed by atoms with Crippen molar-refractivity contribution in [3.05, 3.63) is 41.7 Å². The lowest BCUT2D eigenvalue weighted by molar-refractivity contribution is -0.136. The van der Waals surface area contributed by atoms with Crippen LogP contribution in [0.4, 0.5) is 0 Å². The molecule has 0 aromatic carbocycles. The standard InChI is InChI=1S/C18H24N2O2/c1-15-7-13-22-18(14-15)8-11-20(12-9-18)17(21)6-5-16-4-2-3-10-19-16/h2-4,10,14H,5-9,11-13H2,1H3. The van der Waals surface area contributed by atoms with Crippen LogP contribution in [0, 0.1) is 0 Å². The van der Waals surface area contributed by atoms with Gasteiger partial charge in [-0.25, -0.2) is 0 Å². The average molecular weight is 300 g/mol. The third kappa shape index (κ3) is 3.55. The lowest BCUT2D eigenvalue weighted by Gasteiger charge is -2.42. The van der Waals surface area contributed by atoms with Crippen LogP contribution >= 0.6 is 0 Å². The highest BCUT2D eigenvalue weighted by Crippen LogP contribution is 2.33. The summed E-state index contributed by atoms with van der Waals surface area (Å²) in [4.78, 5) is 18.6. The molecule has 0 saturated carbocycles. The first-order valence-corrected chi connectivity index (χ1v) is 8.17. The summed E-state index contributed by atoms with van der Waals surface area (Å²) in [7, 11) is 0. The number of amides is 1. The summed E-state index contributed by atoms with van der Waals surface area (Å²) in [5.41, 5.74) is 2.29. The van der Waals surface area contributed by atoms with Crippen LogP contribution in [0.25, 0.3) is 0 Å². The van der Waals surface area contributed by atoms with Gasteiger partial charge in [0.15, 0.2) is 0 Å². The van der Waals surface area contributed by atoms with Crippen molar-refractivity contribution in [1.29, 1.82) is 0 Å². The van der Waals surface area contributed by atoms with E-state index in [1.165, 1.54) is 5.57 Å². The molecule has 0 unspecified atom stereocenters. The molecule has 4 heteroatoms. The number of rotatable bonds is 3. The zero-order chi connectivity index (χ0) is 15.4. The topological polar surface area (TPSA) is 42.4 Å². The Kier molecular flexibility index (Phi) is 4.57. The molecule has 1 amide bonds. The fourth-order valence-corrected chi connectivity index (χ4v) is 3.34. The summed E-state index contributed by atoms with van der Waals surface area (Å²) < 4.78 is 6.01. The molecule has 1 spiro atoms. The summed E-state index contributed by atoms with van der Waals surface area (Å²) in [5.74, 6) is 0.233. The van der Waals surface area contributed by atoms with Gasteiger partial charge in [0.25, 0.3) is 0 Å². The minimum atomic E-state index is -0.111. The molecule has 0 atom stereocenters. The number of hydrogen-bond acceptors (Lipinski definition) is 3. The summed E-state index contributed by atoms with van der Waals surface area (Å²) in [6.07, 6.45) is 8.19. The maximum atomic E-state index is 12.3. The van der Waals surface area contributed by atoms with Crippen molar-refractivity contribution in [1.82, 2.24) is 9.88 Å². The van der Waals surface area contributed by atoms with Gasteiger partial charge < -0.3 is 9.64 Å². The van der Waals surface area contributed by atoms with Crippen LogP contribution in [0.1, 0.15) is 38.3 Å². The zero-order valence-corrected chi connectivity index (χ0v) is 13.3. The SMILES string of the molecule is CC1=CC2(CCN(C(=O)CCc3ccccn3)CC2)OCC1. The third-order valence-corrected chi connectivity index (χ3v) is 4.68. The molecule has 0 bridgehead atoms. The monoisotopic (exact) mass is 300 g/mol. The maximum absolute atomic E-state index is 12.3. The van der Waals surface area contributed by atoms with Crippen molar-refractivity contribution >= 4 is 5.91 Å². The lowest BCUT2D eigenvalue weighted by Crippen LogP contribution is -2.48. The van der Waals surface area contributed by atoms with Crippen LogP contribution in [0.3, 0.4) is 0 Å². The third-order valence-electron chi connectivity index (χ3n) is 4.68. The molecule has 4 nitrogen and oxygen atoms in total. The minimum absolute atomic E-state index is 0.111. The molecule has 0 radical (unpaired) electrons. The van der Waals surface area contributed by atoms with Crippen molar-refractivity contribution in [2.75, 3.05) is 19.7 Å². The van der Waals surface area contributed by atoms with E-state index in [1.54, 1.807) is 6.20 Å². The summed E-state index contributed by atoms with van der Waals surface area (Å²) in [6, 6.07) is 5.84. The van der Waals surface area contributed by atoms with Gasteiger partial charge in [0.1, 0.15) is 0 Å². The van der Waals surface area contributed by atoms with E-state index < -0.39 is 0 Å². The van der Waals surface area contributed by atoms with E-state index >= 15 is 0 Å². The number of likely N-dealkylation sites (tertiary alicyclic amines) is 1. The summed E-state index contributed by atoms with van der Waals surface area (Å²) in [6.45, 7) is 4.58. The molecular weight excluding hydrogens is 276 g/mol. The molecule has 1 saturated heterocycles. The number of aromatic nitrogens is 1. The van der Waals surface area contributed by atoms with Gasteiger partial charge in [-0.05, 0) is 44.7 Å². The Hall–Kier alpha value is -1.68. The summed E-state index contributed by atoms with van der Waals surface area (Å²) in [5, 5.41) is 0.